The smallest absolute Gasteiger partial charge is 0.229 e. The number of nitrogens with zero attached hydrogens (tertiary/aromatic N) is 7. The summed E-state index contributed by atoms with van der Waals surface area (Å²) in [5.74, 6) is 0.511. The molecular formula is C18H17FN8O2S. The molecule has 0 spiro atoms. The molecule has 30 heavy (non-hydrogen) atoms. The first-order chi connectivity index (χ1) is 14.6. The Balaban J connectivity index is 1.27. The number of carbonyl (C=O) groups excluding carboxylic acids is 1. The molecule has 0 aliphatic carbocycles. The van der Waals surface area contributed by atoms with E-state index in [1.165, 1.54) is 30.6 Å². The van der Waals surface area contributed by atoms with Crippen LogP contribution in [-0.2, 0) is 4.79 Å². The second kappa shape index (κ2) is 7.44. The molecule has 0 atom stereocenters. The zero-order valence-electron chi connectivity index (χ0n) is 15.9. The van der Waals surface area contributed by atoms with Crippen LogP contribution in [0.4, 0.5) is 15.3 Å². The van der Waals surface area contributed by atoms with Crippen LogP contribution >= 0.6 is 11.3 Å². The molecule has 4 aromatic rings. The summed E-state index contributed by atoms with van der Waals surface area (Å²) >= 11 is 1.23. The highest BCUT2D eigenvalue weighted by Crippen LogP contribution is 2.34. The molecule has 1 amide bonds. The molecule has 12 heteroatoms. The van der Waals surface area contributed by atoms with E-state index in [2.05, 4.69) is 35.7 Å². The number of piperidine rings is 1. The van der Waals surface area contributed by atoms with Crippen molar-refractivity contribution in [2.75, 3.05) is 30.4 Å². The van der Waals surface area contributed by atoms with Crippen LogP contribution in [0.2, 0.25) is 0 Å². The Morgan fingerprint density at radius 1 is 1.30 bits per heavy atom. The minimum Gasteiger partial charge on any atom is -0.494 e. The zero-order valence-corrected chi connectivity index (χ0v) is 16.8. The van der Waals surface area contributed by atoms with E-state index in [1.807, 2.05) is 0 Å². The van der Waals surface area contributed by atoms with Crippen LogP contribution in [-0.4, -0.2) is 56.1 Å². The van der Waals surface area contributed by atoms with Gasteiger partial charge in [0, 0.05) is 25.1 Å². The lowest BCUT2D eigenvalue weighted by Gasteiger charge is -2.32. The van der Waals surface area contributed by atoms with E-state index in [1.54, 1.807) is 16.9 Å². The molecule has 10 nitrogen and oxygen atoms in total. The van der Waals surface area contributed by atoms with Crippen molar-refractivity contribution in [1.29, 1.82) is 0 Å². The number of amides is 1. The highest BCUT2D eigenvalue weighted by atomic mass is 32.1. The van der Waals surface area contributed by atoms with Crippen molar-refractivity contribution in [2.24, 2.45) is 5.92 Å². The van der Waals surface area contributed by atoms with E-state index in [-0.39, 0.29) is 11.8 Å². The maximum atomic E-state index is 13.7. The van der Waals surface area contributed by atoms with Crippen LogP contribution in [0.25, 0.3) is 15.9 Å². The molecule has 1 fully saturated rings. The standard InChI is InChI=1S/C18H17FN8O2S/c1-29-12-6-11(19)7-13-16(12)21-18(30-13)22-17(28)10-2-4-26(5-3-10)15-9-20-8-14-23-24-25-27(14)15/h6-10H,2-5H2,1H3,(H,21,22,28). The topological polar surface area (TPSA) is 110 Å². The van der Waals surface area contributed by atoms with Crippen molar-refractivity contribution in [3.8, 4) is 5.75 Å². The molecule has 0 bridgehead atoms. The minimum atomic E-state index is -0.402. The van der Waals surface area contributed by atoms with E-state index in [0.29, 0.717) is 52.7 Å². The van der Waals surface area contributed by atoms with E-state index in [0.717, 1.165) is 5.82 Å². The van der Waals surface area contributed by atoms with Crippen molar-refractivity contribution >= 4 is 44.1 Å². The van der Waals surface area contributed by atoms with Crippen LogP contribution < -0.4 is 15.0 Å². The molecule has 1 aromatic carbocycles. The molecule has 0 saturated carbocycles. The molecular weight excluding hydrogens is 411 g/mol. The van der Waals surface area contributed by atoms with Gasteiger partial charge in [0.05, 0.1) is 24.2 Å². The number of tetrazole rings is 1. The second-order valence-electron chi connectivity index (χ2n) is 6.94. The van der Waals surface area contributed by atoms with Gasteiger partial charge in [0.25, 0.3) is 0 Å². The Hall–Kier alpha value is -3.41. The van der Waals surface area contributed by atoms with E-state index >= 15 is 0 Å². The molecule has 0 radical (unpaired) electrons. The first-order valence-electron chi connectivity index (χ1n) is 9.34. The normalized spacial score (nSPS) is 15.1. The van der Waals surface area contributed by atoms with Crippen LogP contribution in [0, 0.1) is 11.7 Å². The first kappa shape index (κ1) is 18.6. The highest BCUT2D eigenvalue weighted by Gasteiger charge is 2.27. The van der Waals surface area contributed by atoms with Gasteiger partial charge in [-0.25, -0.2) is 9.37 Å². The van der Waals surface area contributed by atoms with Crippen molar-refractivity contribution in [3.05, 3.63) is 30.3 Å². The van der Waals surface area contributed by atoms with Crippen molar-refractivity contribution in [2.45, 2.75) is 12.8 Å². The number of anilines is 2. The second-order valence-corrected chi connectivity index (χ2v) is 7.97. The quantitative estimate of drug-likeness (QED) is 0.526. The number of thiazole rings is 1. The number of nitrogens with one attached hydrogen (secondary N) is 1. The van der Waals surface area contributed by atoms with Gasteiger partial charge in [-0.1, -0.05) is 11.3 Å². The van der Waals surface area contributed by atoms with Gasteiger partial charge in [-0.3, -0.25) is 9.78 Å². The van der Waals surface area contributed by atoms with E-state index < -0.39 is 5.82 Å². The number of methoxy groups -OCH3 is 1. The summed E-state index contributed by atoms with van der Waals surface area (Å²) in [7, 11) is 1.46. The predicted octanol–water partition coefficient (Wildman–Crippen LogP) is 2.13. The number of rotatable bonds is 4. The third-order valence-electron chi connectivity index (χ3n) is 5.16. The van der Waals surface area contributed by atoms with Gasteiger partial charge >= 0.3 is 0 Å². The molecule has 5 rings (SSSR count). The third kappa shape index (κ3) is 3.28. The average molecular weight is 428 g/mol. The van der Waals surface area contributed by atoms with Crippen LogP contribution in [0.1, 0.15) is 12.8 Å². The summed E-state index contributed by atoms with van der Waals surface area (Å²) in [5, 5.41) is 14.9. The highest BCUT2D eigenvalue weighted by molar-refractivity contribution is 7.22. The van der Waals surface area contributed by atoms with Crippen LogP contribution in [0.5, 0.6) is 5.75 Å². The zero-order chi connectivity index (χ0) is 20.7. The lowest BCUT2D eigenvalue weighted by Crippen LogP contribution is -2.39. The summed E-state index contributed by atoms with van der Waals surface area (Å²) in [5.41, 5.74) is 1.12. The largest absolute Gasteiger partial charge is 0.494 e. The Morgan fingerprint density at radius 2 is 2.13 bits per heavy atom. The minimum absolute atomic E-state index is 0.0908. The third-order valence-corrected chi connectivity index (χ3v) is 6.07. The fourth-order valence-corrected chi connectivity index (χ4v) is 4.54. The molecule has 3 aromatic heterocycles. The van der Waals surface area contributed by atoms with Crippen molar-refractivity contribution in [1.82, 2.24) is 30.0 Å². The van der Waals surface area contributed by atoms with Gasteiger partial charge in [-0.05, 0) is 29.3 Å². The predicted molar refractivity (Wildman–Crippen MR) is 108 cm³/mol. The Kier molecular flexibility index (Phi) is 4.62. The molecule has 0 unspecified atom stereocenters. The Bertz CT molecular complexity index is 1230. The van der Waals surface area contributed by atoms with E-state index in [4.69, 9.17) is 4.74 Å². The molecule has 4 heterocycles. The summed E-state index contributed by atoms with van der Waals surface area (Å²) < 4.78 is 21.1. The molecule has 1 aliphatic heterocycles. The number of benzene rings is 1. The maximum Gasteiger partial charge on any atom is 0.229 e. The van der Waals surface area contributed by atoms with Gasteiger partial charge < -0.3 is 15.0 Å². The maximum absolute atomic E-state index is 13.7. The van der Waals surface area contributed by atoms with Crippen LogP contribution in [0.15, 0.2) is 24.5 Å². The fraction of sp³-hybridized carbons (Fsp3) is 0.333. The monoisotopic (exact) mass is 428 g/mol. The number of halogens is 1. The Morgan fingerprint density at radius 3 is 2.93 bits per heavy atom. The van der Waals surface area contributed by atoms with E-state index in [9.17, 15) is 9.18 Å². The summed E-state index contributed by atoms with van der Waals surface area (Å²) in [6, 6.07) is 2.67. The number of hydrogen-bond acceptors (Lipinski definition) is 9. The van der Waals surface area contributed by atoms with Gasteiger partial charge in [-0.2, -0.15) is 4.52 Å². The van der Waals surface area contributed by atoms with Gasteiger partial charge in [0.1, 0.15) is 17.1 Å². The molecule has 1 N–H and O–H groups in total. The van der Waals surface area contributed by atoms with Gasteiger partial charge in [0.15, 0.2) is 16.6 Å². The number of carbonyl (C=O) groups is 1. The van der Waals surface area contributed by atoms with Crippen molar-refractivity contribution < 1.29 is 13.9 Å². The molecule has 1 aliphatic rings. The average Bonchev–Trinajstić information content (AvgIpc) is 3.39. The summed E-state index contributed by atoms with van der Waals surface area (Å²) in [4.78, 5) is 23.5. The Labute approximate surface area is 173 Å². The fourth-order valence-electron chi connectivity index (χ4n) is 3.63. The number of hydrogen-bond donors (Lipinski definition) is 1. The number of fused-ring (bicyclic) bond motifs is 2. The molecule has 1 saturated heterocycles. The number of aromatic nitrogens is 6. The number of ether oxygens (including phenoxy) is 1. The van der Waals surface area contributed by atoms with Gasteiger partial charge in [-0.15, -0.1) is 5.10 Å². The lowest BCUT2D eigenvalue weighted by atomic mass is 9.96. The molecule has 154 valence electrons. The van der Waals surface area contributed by atoms with Gasteiger partial charge in [0.2, 0.25) is 5.91 Å². The summed E-state index contributed by atoms with van der Waals surface area (Å²) in [6.45, 7) is 1.36. The van der Waals surface area contributed by atoms with Crippen molar-refractivity contribution in [3.63, 3.8) is 0 Å². The first-order valence-corrected chi connectivity index (χ1v) is 10.2. The summed E-state index contributed by atoms with van der Waals surface area (Å²) in [6.07, 6.45) is 4.67. The SMILES string of the molecule is COc1cc(F)cc2sc(NC(=O)C3CCN(c4cncc5nnnn45)CC3)nc12. The lowest BCUT2D eigenvalue weighted by molar-refractivity contribution is -0.120. The van der Waals surface area contributed by atoms with Crippen LogP contribution in [0.3, 0.4) is 0 Å².